The summed E-state index contributed by atoms with van der Waals surface area (Å²) in [5, 5.41) is 9.07. The Balaban J connectivity index is 1.84. The van der Waals surface area contributed by atoms with Crippen molar-refractivity contribution in [1.29, 1.82) is 0 Å². The number of hydrogen-bond acceptors (Lipinski definition) is 5. The van der Waals surface area contributed by atoms with E-state index in [1.54, 1.807) is 18.2 Å². The molecule has 7 heteroatoms. The lowest BCUT2D eigenvalue weighted by molar-refractivity contribution is -0.126. The van der Waals surface area contributed by atoms with Crippen molar-refractivity contribution in [2.24, 2.45) is 10.2 Å². The van der Waals surface area contributed by atoms with Crippen molar-refractivity contribution in [3.8, 4) is 5.75 Å². The largest absolute Gasteiger partial charge is 0.496 e. The zero-order chi connectivity index (χ0) is 19.2. The summed E-state index contributed by atoms with van der Waals surface area (Å²) in [6, 6.07) is 15.6. The minimum absolute atomic E-state index is 0.0836. The molecule has 1 aliphatic heterocycles. The standard InChI is InChI=1S/C20H20BrN3O2S/c1-3-18-19(25)24(13-14-7-5-4-6-8-14)20(27-18)23-22-12-15-11-16(21)9-10-17(15)26-2/h4-12,18H,3,13H2,1-2H3/b22-12-,23-20+/t18-/m1/s1. The van der Waals surface area contributed by atoms with Crippen LogP contribution in [-0.4, -0.2) is 34.5 Å². The van der Waals surface area contributed by atoms with Crippen LogP contribution in [0.1, 0.15) is 24.5 Å². The number of halogens is 1. The Labute approximate surface area is 171 Å². The molecule has 3 rings (SSSR count). The Hall–Kier alpha value is -2.12. The van der Waals surface area contributed by atoms with E-state index in [0.29, 0.717) is 17.5 Å². The van der Waals surface area contributed by atoms with Gasteiger partial charge in [0.1, 0.15) is 5.75 Å². The maximum absolute atomic E-state index is 12.7. The minimum Gasteiger partial charge on any atom is -0.496 e. The number of rotatable bonds is 6. The lowest BCUT2D eigenvalue weighted by Crippen LogP contribution is -2.31. The molecule has 5 nitrogen and oxygen atoms in total. The number of methoxy groups -OCH3 is 1. The van der Waals surface area contributed by atoms with Gasteiger partial charge in [0.15, 0.2) is 5.17 Å². The van der Waals surface area contributed by atoms with Gasteiger partial charge in [0.25, 0.3) is 0 Å². The number of amides is 1. The average molecular weight is 446 g/mol. The molecule has 0 N–H and O–H groups in total. The molecular formula is C20H20BrN3O2S. The van der Waals surface area contributed by atoms with Crippen molar-refractivity contribution in [1.82, 2.24) is 4.90 Å². The fraction of sp³-hybridized carbons (Fsp3) is 0.250. The molecule has 1 amide bonds. The first-order valence-electron chi connectivity index (χ1n) is 8.59. The van der Waals surface area contributed by atoms with Crippen LogP contribution in [0.5, 0.6) is 5.75 Å². The quantitative estimate of drug-likeness (QED) is 0.478. The van der Waals surface area contributed by atoms with Crippen molar-refractivity contribution in [2.75, 3.05) is 7.11 Å². The second-order valence-corrected chi connectivity index (χ2v) is 8.02. The van der Waals surface area contributed by atoms with Gasteiger partial charge in [0.05, 0.1) is 25.1 Å². The van der Waals surface area contributed by atoms with Gasteiger partial charge >= 0.3 is 0 Å². The Morgan fingerprint density at radius 2 is 2.04 bits per heavy atom. The number of nitrogens with zero attached hydrogens (tertiary/aromatic N) is 3. The highest BCUT2D eigenvalue weighted by molar-refractivity contribution is 9.10. The van der Waals surface area contributed by atoms with Gasteiger partial charge < -0.3 is 4.74 Å². The number of thioether (sulfide) groups is 1. The molecule has 1 heterocycles. The van der Waals surface area contributed by atoms with E-state index >= 15 is 0 Å². The summed E-state index contributed by atoms with van der Waals surface area (Å²) in [7, 11) is 1.62. The van der Waals surface area contributed by atoms with Crippen molar-refractivity contribution < 1.29 is 9.53 Å². The molecule has 1 fully saturated rings. The molecule has 1 aliphatic rings. The summed E-state index contributed by atoms with van der Waals surface area (Å²) in [5.41, 5.74) is 1.88. The summed E-state index contributed by atoms with van der Waals surface area (Å²) >= 11 is 4.91. The molecule has 0 aliphatic carbocycles. The third-order valence-corrected chi connectivity index (χ3v) is 5.93. The molecule has 0 saturated carbocycles. The molecule has 2 aromatic rings. The number of hydrogen-bond donors (Lipinski definition) is 0. The maximum atomic E-state index is 12.7. The highest BCUT2D eigenvalue weighted by atomic mass is 79.9. The molecule has 1 atom stereocenters. The van der Waals surface area contributed by atoms with Crippen molar-refractivity contribution in [2.45, 2.75) is 25.1 Å². The van der Waals surface area contributed by atoms with Crippen LogP contribution in [0, 0.1) is 0 Å². The first-order valence-corrected chi connectivity index (χ1v) is 10.3. The van der Waals surface area contributed by atoms with E-state index in [9.17, 15) is 4.79 Å². The van der Waals surface area contributed by atoms with Crippen LogP contribution in [0.15, 0.2) is 63.2 Å². The van der Waals surface area contributed by atoms with E-state index < -0.39 is 0 Å². The zero-order valence-corrected chi connectivity index (χ0v) is 17.5. The highest BCUT2D eigenvalue weighted by Gasteiger charge is 2.36. The Morgan fingerprint density at radius 1 is 1.26 bits per heavy atom. The SMILES string of the molecule is CC[C@H]1S/C(=N/N=C\c2cc(Br)ccc2OC)N(Cc2ccccc2)C1=O. The van der Waals surface area contributed by atoms with Gasteiger partial charge in [-0.3, -0.25) is 9.69 Å². The van der Waals surface area contributed by atoms with Gasteiger partial charge in [-0.2, -0.15) is 5.10 Å². The fourth-order valence-corrected chi connectivity index (χ4v) is 4.11. The molecule has 27 heavy (non-hydrogen) atoms. The number of carbonyl (C=O) groups is 1. The van der Waals surface area contributed by atoms with E-state index in [1.807, 2.05) is 55.5 Å². The van der Waals surface area contributed by atoms with Gasteiger partial charge in [0.2, 0.25) is 5.91 Å². The predicted molar refractivity (Wildman–Crippen MR) is 114 cm³/mol. The summed E-state index contributed by atoms with van der Waals surface area (Å²) in [6.45, 7) is 2.51. The summed E-state index contributed by atoms with van der Waals surface area (Å²) in [6.07, 6.45) is 2.40. The second-order valence-electron chi connectivity index (χ2n) is 5.94. The van der Waals surface area contributed by atoms with Crippen molar-refractivity contribution in [3.63, 3.8) is 0 Å². The van der Waals surface area contributed by atoms with Gasteiger partial charge in [0, 0.05) is 10.0 Å². The van der Waals surface area contributed by atoms with E-state index in [4.69, 9.17) is 4.74 Å². The minimum atomic E-state index is -0.108. The van der Waals surface area contributed by atoms with E-state index in [0.717, 1.165) is 22.0 Å². The molecule has 0 spiro atoms. The van der Waals surface area contributed by atoms with Crippen molar-refractivity contribution >= 4 is 45.0 Å². The average Bonchev–Trinajstić information content (AvgIpc) is 2.98. The van der Waals surface area contributed by atoms with Crippen LogP contribution < -0.4 is 4.74 Å². The molecule has 0 radical (unpaired) electrons. The van der Waals surface area contributed by atoms with Crippen LogP contribution in [-0.2, 0) is 11.3 Å². The highest BCUT2D eigenvalue weighted by Crippen LogP contribution is 2.31. The third-order valence-electron chi connectivity index (χ3n) is 4.11. The van der Waals surface area contributed by atoms with Gasteiger partial charge in [-0.25, -0.2) is 0 Å². The normalized spacial score (nSPS) is 18.6. The van der Waals surface area contributed by atoms with E-state index in [-0.39, 0.29) is 11.2 Å². The smallest absolute Gasteiger partial charge is 0.242 e. The summed E-state index contributed by atoms with van der Waals surface area (Å²) in [4.78, 5) is 14.4. The van der Waals surface area contributed by atoms with Gasteiger partial charge in [-0.05, 0) is 30.2 Å². The first kappa shape index (κ1) is 19.6. The van der Waals surface area contributed by atoms with Crippen LogP contribution in [0.3, 0.4) is 0 Å². The molecule has 0 unspecified atom stereocenters. The number of ether oxygens (including phenoxy) is 1. The predicted octanol–water partition coefficient (Wildman–Crippen LogP) is 4.70. The van der Waals surface area contributed by atoms with E-state index in [2.05, 4.69) is 26.1 Å². The molecule has 1 saturated heterocycles. The van der Waals surface area contributed by atoms with Crippen LogP contribution in [0.2, 0.25) is 0 Å². The molecular weight excluding hydrogens is 426 g/mol. The first-order chi connectivity index (χ1) is 13.1. The summed E-state index contributed by atoms with van der Waals surface area (Å²) < 4.78 is 6.27. The molecule has 0 aromatic heterocycles. The lowest BCUT2D eigenvalue weighted by Gasteiger charge is -2.15. The fourth-order valence-electron chi connectivity index (χ4n) is 2.70. The number of benzene rings is 2. The molecule has 2 aromatic carbocycles. The third kappa shape index (κ3) is 4.78. The van der Waals surface area contributed by atoms with Gasteiger partial charge in [-0.15, -0.1) is 5.10 Å². The monoisotopic (exact) mass is 445 g/mol. The lowest BCUT2D eigenvalue weighted by atomic mass is 10.2. The molecule has 0 bridgehead atoms. The Kier molecular flexibility index (Phi) is 6.68. The second kappa shape index (κ2) is 9.19. The zero-order valence-electron chi connectivity index (χ0n) is 15.1. The Bertz CT molecular complexity index is 871. The van der Waals surface area contributed by atoms with Crippen LogP contribution in [0.25, 0.3) is 0 Å². The topological polar surface area (TPSA) is 54.3 Å². The van der Waals surface area contributed by atoms with Crippen LogP contribution >= 0.6 is 27.7 Å². The number of carbonyl (C=O) groups excluding carboxylic acids is 1. The van der Waals surface area contributed by atoms with Gasteiger partial charge in [-0.1, -0.05) is 64.9 Å². The maximum Gasteiger partial charge on any atom is 0.242 e. The molecule has 140 valence electrons. The number of amidine groups is 1. The Morgan fingerprint density at radius 3 is 2.74 bits per heavy atom. The summed E-state index contributed by atoms with van der Waals surface area (Å²) in [5.74, 6) is 0.796. The van der Waals surface area contributed by atoms with E-state index in [1.165, 1.54) is 11.8 Å². The van der Waals surface area contributed by atoms with Crippen LogP contribution in [0.4, 0.5) is 0 Å². The van der Waals surface area contributed by atoms with Crippen molar-refractivity contribution in [3.05, 3.63) is 64.1 Å².